The molecular weight excluding hydrogens is 114 g/mol. The minimum absolute atomic E-state index is 0.0266. The summed E-state index contributed by atoms with van der Waals surface area (Å²) in [4.78, 5) is 4.07. The van der Waals surface area contributed by atoms with Crippen molar-refractivity contribution in [1.29, 1.82) is 0 Å². The average molecular weight is 121 g/mol. The van der Waals surface area contributed by atoms with Gasteiger partial charge in [0.25, 0.3) is 0 Å². The van der Waals surface area contributed by atoms with Crippen LogP contribution in [0.1, 0.15) is 0 Å². The molecule has 48 valence electrons. The van der Waals surface area contributed by atoms with Gasteiger partial charge in [-0.3, -0.25) is 5.73 Å². The van der Waals surface area contributed by atoms with E-state index in [1.807, 2.05) is 0 Å². The van der Waals surface area contributed by atoms with Gasteiger partial charge in [-0.2, -0.15) is 5.23 Å². The Kier molecular flexibility index (Phi) is 1.43. The zero-order valence-corrected chi connectivity index (χ0v) is 4.09. The fraction of sp³-hybridized carbons (Fsp3) is 1.00. The van der Waals surface area contributed by atoms with Gasteiger partial charge in [-0.05, 0) is 4.94 Å². The molecule has 3 atom stereocenters. The van der Waals surface area contributed by atoms with Crippen LogP contribution in [-0.4, -0.2) is 12.7 Å². The zero-order chi connectivity index (χ0) is 6.15. The van der Waals surface area contributed by atoms with E-state index in [-0.39, 0.29) is 6.54 Å². The predicted octanol–water partition coefficient (Wildman–Crippen LogP) is -4.10. The molecular formula is C2H7N3O3. The lowest BCUT2D eigenvalue weighted by Gasteiger charge is -2.11. The third kappa shape index (κ3) is 0.944. The fourth-order valence-corrected chi connectivity index (χ4v) is 0.492. The normalized spacial score (nSPS) is 47.6. The Bertz CT molecular complexity index is 78.6. The smallest absolute Gasteiger partial charge is 0.226 e. The van der Waals surface area contributed by atoms with E-state index in [4.69, 9.17) is 5.73 Å². The molecule has 0 bridgehead atoms. The molecule has 0 aromatic rings. The Hall–Kier alpha value is -0.240. The van der Waals surface area contributed by atoms with Crippen LogP contribution >= 0.6 is 0 Å². The molecule has 1 aliphatic rings. The highest BCUT2D eigenvalue weighted by Gasteiger charge is 2.27. The lowest BCUT2D eigenvalue weighted by atomic mass is 10.6. The summed E-state index contributed by atoms with van der Waals surface area (Å²) in [5.74, 6) is 0. The van der Waals surface area contributed by atoms with Gasteiger partial charge in [-0.1, -0.05) is 0 Å². The van der Waals surface area contributed by atoms with Crippen molar-refractivity contribution < 1.29 is 15.4 Å². The standard InChI is InChI=1S/C2H7N3O3/c3-2-1-4(6)8-5(2)7/h2,4-5H,1,3H2. The van der Waals surface area contributed by atoms with Crippen molar-refractivity contribution in [2.45, 2.75) is 6.17 Å². The van der Waals surface area contributed by atoms with Crippen molar-refractivity contribution in [2.24, 2.45) is 5.73 Å². The molecule has 6 heteroatoms. The highest BCUT2D eigenvalue weighted by Crippen LogP contribution is 1.60. The van der Waals surface area contributed by atoms with E-state index in [1.165, 1.54) is 0 Å². The Labute approximate surface area is 45.5 Å². The van der Waals surface area contributed by atoms with Crippen molar-refractivity contribution in [3.63, 3.8) is 0 Å². The minimum atomic E-state index is -0.720. The second-order valence-electron chi connectivity index (χ2n) is 1.60. The average Bonchev–Trinajstić information content (AvgIpc) is 1.85. The van der Waals surface area contributed by atoms with Crippen molar-refractivity contribution in [3.8, 4) is 0 Å². The number of nitrogens with two attached hydrogens (primary N) is 1. The molecule has 1 saturated heterocycles. The van der Waals surface area contributed by atoms with E-state index in [9.17, 15) is 10.4 Å². The van der Waals surface area contributed by atoms with Crippen molar-refractivity contribution >= 4 is 0 Å². The summed E-state index contributed by atoms with van der Waals surface area (Å²) in [5, 5.41) is 19.2. The van der Waals surface area contributed by atoms with E-state index in [2.05, 4.69) is 4.94 Å². The highest BCUT2D eigenvalue weighted by molar-refractivity contribution is 4.37. The summed E-state index contributed by atoms with van der Waals surface area (Å²) in [6.45, 7) is 0.0266. The first kappa shape index (κ1) is 5.89. The highest BCUT2D eigenvalue weighted by atomic mass is 17.1. The van der Waals surface area contributed by atoms with Crippen LogP contribution in [0.4, 0.5) is 0 Å². The molecule has 0 radical (unpaired) electrons. The first-order valence-electron chi connectivity index (χ1n) is 2.20. The third-order valence-corrected chi connectivity index (χ3v) is 0.904. The van der Waals surface area contributed by atoms with Crippen LogP contribution in [0.5, 0.6) is 0 Å². The van der Waals surface area contributed by atoms with Gasteiger partial charge in [0.1, 0.15) is 0 Å². The Morgan fingerprint density at radius 2 is 2.25 bits per heavy atom. The Morgan fingerprint density at radius 1 is 1.62 bits per heavy atom. The molecule has 6 nitrogen and oxygen atoms in total. The van der Waals surface area contributed by atoms with E-state index in [0.29, 0.717) is 0 Å². The molecule has 0 aromatic heterocycles. The second kappa shape index (κ2) is 1.94. The van der Waals surface area contributed by atoms with Crippen LogP contribution in [0.3, 0.4) is 0 Å². The third-order valence-electron chi connectivity index (χ3n) is 0.904. The van der Waals surface area contributed by atoms with Gasteiger partial charge < -0.3 is 10.4 Å². The molecule has 8 heavy (non-hydrogen) atoms. The number of hydrogen-bond acceptors (Lipinski definition) is 4. The molecule has 0 spiro atoms. The molecule has 3 unspecified atom stereocenters. The van der Waals surface area contributed by atoms with Crippen molar-refractivity contribution in [3.05, 3.63) is 10.4 Å². The molecule has 1 heterocycles. The van der Waals surface area contributed by atoms with Gasteiger partial charge in [-0.25, -0.2) is 0 Å². The topological polar surface area (TPSA) is 90.2 Å². The fourth-order valence-electron chi connectivity index (χ4n) is 0.492. The molecule has 1 fully saturated rings. The van der Waals surface area contributed by atoms with E-state index in [0.717, 1.165) is 0 Å². The number of quaternary nitrogens is 2. The summed E-state index contributed by atoms with van der Waals surface area (Å²) in [5.41, 5.74) is 5.07. The maximum atomic E-state index is 10.2. The molecule has 0 aliphatic carbocycles. The van der Waals surface area contributed by atoms with E-state index >= 15 is 0 Å². The summed E-state index contributed by atoms with van der Waals surface area (Å²) < 4.78 is 0. The van der Waals surface area contributed by atoms with Gasteiger partial charge in [0, 0.05) is 0 Å². The molecule has 0 saturated carbocycles. The molecule has 4 N–H and O–H groups in total. The first-order valence-corrected chi connectivity index (χ1v) is 2.20. The van der Waals surface area contributed by atoms with Crippen LogP contribution < -0.4 is 16.2 Å². The lowest BCUT2D eigenvalue weighted by Crippen LogP contribution is -3.18. The van der Waals surface area contributed by atoms with Crippen LogP contribution in [0.25, 0.3) is 0 Å². The maximum absolute atomic E-state index is 10.2. The van der Waals surface area contributed by atoms with Crippen LogP contribution in [0, 0.1) is 10.4 Å². The van der Waals surface area contributed by atoms with Gasteiger partial charge >= 0.3 is 0 Å². The molecule has 0 amide bonds. The Morgan fingerprint density at radius 3 is 2.38 bits per heavy atom. The summed E-state index contributed by atoms with van der Waals surface area (Å²) in [6.07, 6.45) is -0.720. The van der Waals surface area contributed by atoms with Crippen LogP contribution in [-0.2, 0) is 4.94 Å². The monoisotopic (exact) mass is 121 g/mol. The van der Waals surface area contributed by atoms with Gasteiger partial charge in [0.15, 0.2) is 6.54 Å². The number of hydroxylamine groups is 4. The minimum Gasteiger partial charge on any atom is -0.595 e. The quantitative estimate of drug-likeness (QED) is 0.284. The number of rotatable bonds is 0. The number of nitrogens with one attached hydrogen (secondary N) is 2. The summed E-state index contributed by atoms with van der Waals surface area (Å²) in [7, 11) is 0. The second-order valence-corrected chi connectivity index (χ2v) is 1.60. The summed E-state index contributed by atoms with van der Waals surface area (Å²) >= 11 is 0. The maximum Gasteiger partial charge on any atom is 0.226 e. The zero-order valence-electron chi connectivity index (χ0n) is 4.09. The van der Waals surface area contributed by atoms with Crippen LogP contribution in [0.2, 0.25) is 0 Å². The molecule has 1 aliphatic heterocycles. The van der Waals surface area contributed by atoms with E-state index in [1.54, 1.807) is 0 Å². The van der Waals surface area contributed by atoms with Gasteiger partial charge in [0.05, 0.1) is 0 Å². The van der Waals surface area contributed by atoms with Crippen molar-refractivity contribution in [2.75, 3.05) is 6.54 Å². The molecule has 1 rings (SSSR count). The first-order chi connectivity index (χ1) is 3.70. The SMILES string of the molecule is NC1C[NH+]([O-])O[NH+]1[O-]. The van der Waals surface area contributed by atoms with Crippen molar-refractivity contribution in [1.82, 2.24) is 0 Å². The molecule has 0 aromatic carbocycles. The lowest BCUT2D eigenvalue weighted by molar-refractivity contribution is -1.27. The number of hydrogen-bond donors (Lipinski definition) is 3. The Balaban J connectivity index is 2.39. The summed E-state index contributed by atoms with van der Waals surface area (Å²) in [6, 6.07) is 0. The predicted molar refractivity (Wildman–Crippen MR) is 22.6 cm³/mol. The largest absolute Gasteiger partial charge is 0.595 e. The van der Waals surface area contributed by atoms with Crippen LogP contribution in [0.15, 0.2) is 0 Å². The van der Waals surface area contributed by atoms with Gasteiger partial charge in [-0.15, -0.1) is 5.23 Å². The van der Waals surface area contributed by atoms with E-state index < -0.39 is 16.6 Å². The van der Waals surface area contributed by atoms with Gasteiger partial charge in [0.2, 0.25) is 6.17 Å².